The number of rotatable bonds is 0. The van der Waals surface area contributed by atoms with Crippen LogP contribution >= 0.6 is 0 Å². The van der Waals surface area contributed by atoms with Crippen LogP contribution in [0, 0.1) is 35.1 Å². The molecule has 0 spiro atoms. The summed E-state index contributed by atoms with van der Waals surface area (Å²) in [5.74, 6) is 0. The first-order valence-corrected chi connectivity index (χ1v) is 7.04. The van der Waals surface area contributed by atoms with Crippen LogP contribution in [0.5, 0.6) is 0 Å². The third-order valence-corrected chi connectivity index (χ3v) is 0. The Morgan fingerprint density at radius 2 is 1.20 bits per heavy atom. The summed E-state index contributed by atoms with van der Waals surface area (Å²) in [5, 5.41) is 1.28. The van der Waals surface area contributed by atoms with E-state index in [-0.39, 0.29) is 66.3 Å². The average Bonchev–Trinajstić information content (AvgIpc) is 1.00. The van der Waals surface area contributed by atoms with Gasteiger partial charge in [0.15, 0.2) is 17.4 Å². The second kappa shape index (κ2) is 25.4. The van der Waals surface area contributed by atoms with Crippen molar-refractivity contribution in [3.8, 4) is 0 Å². The van der Waals surface area contributed by atoms with E-state index in [0.29, 0.717) is 0 Å². The zero-order valence-electron chi connectivity index (χ0n) is 1.89. The molecule has 5 heteroatoms. The van der Waals surface area contributed by atoms with Gasteiger partial charge in [-0.2, -0.15) is 0 Å². The van der Waals surface area contributed by atoms with Gasteiger partial charge in [-0.3, -0.25) is 0 Å². The molecule has 0 bridgehead atoms. The Kier molecular flexibility index (Phi) is 119. The molecule has 30 valence electrons. The van der Waals surface area contributed by atoms with Crippen molar-refractivity contribution in [2.45, 2.75) is 0 Å². The molecule has 0 unspecified atom stereocenters. The summed E-state index contributed by atoms with van der Waals surface area (Å²) in [4.78, 5) is 0. The fourth-order valence-electron chi connectivity index (χ4n) is 0. The maximum absolute atomic E-state index is 2.28. The first-order chi connectivity index (χ1) is 1.00. The van der Waals surface area contributed by atoms with E-state index in [1.165, 1.54) is 5.31 Å². The van der Waals surface area contributed by atoms with Gasteiger partial charge >= 0.3 is 63.5 Å². The monoisotopic (exact) mass is 296 g/mol. The molecule has 0 N–H and O–H groups in total. The van der Waals surface area contributed by atoms with Crippen molar-refractivity contribution in [3.05, 3.63) is 0 Å². The van der Waals surface area contributed by atoms with Gasteiger partial charge in [0, 0.05) is 25.8 Å². The quantitative estimate of drug-likeness (QED) is 0.411. The van der Waals surface area contributed by atoms with Crippen molar-refractivity contribution >= 4 is 45.7 Å². The van der Waals surface area contributed by atoms with Crippen molar-refractivity contribution in [2.24, 2.45) is 0 Å². The predicted octanol–water partition coefficient (Wildman–Crippen LogP) is -3.29. The molecule has 0 aliphatic heterocycles. The molecule has 0 saturated heterocycles. The first kappa shape index (κ1) is 23.4. The van der Waals surface area contributed by atoms with E-state index in [1.54, 1.807) is 0 Å². The third-order valence-electron chi connectivity index (χ3n) is 0. The van der Waals surface area contributed by atoms with Crippen molar-refractivity contribution in [3.63, 3.8) is 0 Å². The second-order valence-electron chi connectivity index (χ2n) is 0. The van der Waals surface area contributed by atoms with Crippen molar-refractivity contribution in [1.29, 1.82) is 0 Å². The molecule has 5 heavy (non-hydrogen) atoms. The Morgan fingerprint density at radius 1 is 1.20 bits per heavy atom. The molecule has 0 aliphatic rings. The van der Waals surface area contributed by atoms with Crippen LogP contribution < -0.4 is 0 Å². The van der Waals surface area contributed by atoms with Gasteiger partial charge in [-0.05, 0) is 0 Å². The summed E-state index contributed by atoms with van der Waals surface area (Å²) in [6.45, 7) is 0. The van der Waals surface area contributed by atoms with Crippen LogP contribution in [0.25, 0.3) is 0 Å². The minimum atomic E-state index is 0. The van der Waals surface area contributed by atoms with Gasteiger partial charge in [0.1, 0.15) is 0 Å². The van der Waals surface area contributed by atoms with Crippen LogP contribution in [-0.4, -0.2) is 45.7 Å². The standard InChI is InChI=1S/Al.Dy.Mg.Sc.H3Si.5H/h;;;;1H3;;;;;. The van der Waals surface area contributed by atoms with Gasteiger partial charge in [-0.25, -0.2) is 0 Å². The Balaban J connectivity index is -0.00000000167. The van der Waals surface area contributed by atoms with Crippen LogP contribution in [0.15, 0.2) is 0 Å². The van der Waals surface area contributed by atoms with E-state index in [1.807, 2.05) is 0 Å². The molecule has 0 rings (SSSR count). The topological polar surface area (TPSA) is 0 Å². The third kappa shape index (κ3) is 18.3. The van der Waals surface area contributed by atoms with Crippen LogP contribution in [0.4, 0.5) is 0 Å². The zero-order chi connectivity index (χ0) is 2.00. The van der Waals surface area contributed by atoms with Crippen LogP contribution in [-0.2, 0) is 25.8 Å². The second-order valence-corrected chi connectivity index (χ2v) is 0. The summed E-state index contributed by atoms with van der Waals surface area (Å²) in [7, 11) is 0. The molecule has 0 amide bonds. The molecule has 0 fully saturated rings. The fourth-order valence-corrected chi connectivity index (χ4v) is 0. The van der Waals surface area contributed by atoms with Gasteiger partial charge < -0.3 is 0 Å². The van der Waals surface area contributed by atoms with Gasteiger partial charge in [0.25, 0.3) is 0 Å². The van der Waals surface area contributed by atoms with E-state index in [4.69, 9.17) is 0 Å². The number of hydrogen-bond acceptors (Lipinski definition) is 0. The van der Waals surface area contributed by atoms with Crippen LogP contribution in [0.3, 0.4) is 0 Å². The van der Waals surface area contributed by atoms with Crippen molar-refractivity contribution in [1.82, 2.24) is 0 Å². The molecule has 0 atom stereocenters. The molecular formula is H8AlDyMgScSi. The van der Waals surface area contributed by atoms with E-state index < -0.39 is 0 Å². The Labute approximate surface area is 104 Å². The number of hydrogen-bond donors (Lipinski definition) is 0. The van der Waals surface area contributed by atoms with E-state index >= 15 is 0 Å². The van der Waals surface area contributed by atoms with E-state index in [0.717, 1.165) is 0 Å². The molecule has 0 heterocycles. The van der Waals surface area contributed by atoms with Gasteiger partial charge in [-0.15, -0.1) is 0 Å². The van der Waals surface area contributed by atoms with Gasteiger partial charge in [0.05, 0.1) is 0 Å². The van der Waals surface area contributed by atoms with Crippen LogP contribution in [0.1, 0.15) is 0 Å². The molecular weight excluding hydrogens is 287 g/mol. The van der Waals surface area contributed by atoms with E-state index in [2.05, 4.69) is 35.1 Å². The molecule has 0 aliphatic carbocycles. The summed E-state index contributed by atoms with van der Waals surface area (Å²) in [6, 6.07) is 0. The van der Waals surface area contributed by atoms with Gasteiger partial charge in [-0.1, -0.05) is 0 Å². The van der Waals surface area contributed by atoms with Gasteiger partial charge in [0.2, 0.25) is 0 Å². The fraction of sp³-hybridized carbons (Fsp3) is 0. The summed E-state index contributed by atoms with van der Waals surface area (Å²) in [6.07, 6.45) is 0. The Bertz CT molecular complexity index is 11.6. The van der Waals surface area contributed by atoms with Crippen molar-refractivity contribution in [2.75, 3.05) is 0 Å². The molecule has 0 aromatic carbocycles. The minimum absolute atomic E-state index is 0. The predicted molar refractivity (Wildman–Crippen MR) is 28.4 cm³/mol. The molecule has 0 aromatic heterocycles. The zero-order valence-corrected chi connectivity index (χ0v) is 7.73. The Hall–Kier alpha value is 3.66. The van der Waals surface area contributed by atoms with Crippen molar-refractivity contribution < 1.29 is 61.0 Å². The first-order valence-electron chi connectivity index (χ1n) is 0.316. The summed E-state index contributed by atoms with van der Waals surface area (Å²) in [5.41, 5.74) is 0. The van der Waals surface area contributed by atoms with Crippen LogP contribution in [0.2, 0.25) is 0 Å². The maximum atomic E-state index is 2.28. The molecule has 0 aromatic rings. The summed E-state index contributed by atoms with van der Waals surface area (Å²) < 4.78 is 0. The SMILES string of the molecule is [AlH3].[MgH2].[Sc].[SiH3][Dy]. The average molecular weight is 295 g/mol. The molecule has 0 saturated carbocycles. The Morgan fingerprint density at radius 3 is 1.20 bits per heavy atom. The van der Waals surface area contributed by atoms with E-state index in [9.17, 15) is 0 Å². The molecule has 0 nitrogen and oxygen atoms in total. The molecule has 1 radical (unpaired) electrons. The summed E-state index contributed by atoms with van der Waals surface area (Å²) >= 11 is 2.28. The normalized spacial score (nSPS) is 2.00.